The number of benzene rings is 1. The van der Waals surface area contributed by atoms with Crippen molar-refractivity contribution in [3.63, 3.8) is 0 Å². The maximum atomic E-state index is 12.0. The van der Waals surface area contributed by atoms with Gasteiger partial charge in [-0.1, -0.05) is 0 Å². The van der Waals surface area contributed by atoms with E-state index in [0.717, 1.165) is 17.1 Å². The number of rotatable bonds is 5. The summed E-state index contributed by atoms with van der Waals surface area (Å²) in [5.74, 6) is -0.674. The molecule has 9 heteroatoms. The molecule has 0 aliphatic heterocycles. The lowest BCUT2D eigenvalue weighted by Crippen LogP contribution is -2.17. The summed E-state index contributed by atoms with van der Waals surface area (Å²) in [5, 5.41) is 5.06. The number of ether oxygens (including phenoxy) is 1. The fourth-order valence-corrected chi connectivity index (χ4v) is 2.50. The SMILES string of the molecule is CC(N)c1nc(CC(=O)Nc2ccc(OC(F)(F)F)cc2)cs1. The largest absolute Gasteiger partial charge is 0.573 e. The Balaban J connectivity index is 1.92. The number of alkyl halides is 3. The number of nitrogens with two attached hydrogens (primary N) is 1. The van der Waals surface area contributed by atoms with E-state index in [-0.39, 0.29) is 24.1 Å². The average Bonchev–Trinajstić information content (AvgIpc) is 2.88. The van der Waals surface area contributed by atoms with Gasteiger partial charge in [0.15, 0.2) is 0 Å². The lowest BCUT2D eigenvalue weighted by molar-refractivity contribution is -0.274. The average molecular weight is 345 g/mol. The van der Waals surface area contributed by atoms with Crippen LogP contribution in [-0.4, -0.2) is 17.3 Å². The number of carbonyl (C=O) groups excluding carboxylic acids is 1. The van der Waals surface area contributed by atoms with Crippen molar-refractivity contribution in [2.24, 2.45) is 5.73 Å². The van der Waals surface area contributed by atoms with E-state index in [1.54, 1.807) is 12.3 Å². The molecule has 3 N–H and O–H groups in total. The quantitative estimate of drug-likeness (QED) is 0.872. The second kappa shape index (κ2) is 6.97. The highest BCUT2D eigenvalue weighted by Crippen LogP contribution is 2.24. The summed E-state index contributed by atoms with van der Waals surface area (Å²) in [7, 11) is 0. The molecule has 23 heavy (non-hydrogen) atoms. The van der Waals surface area contributed by atoms with Crippen LogP contribution in [0.25, 0.3) is 0 Å². The topological polar surface area (TPSA) is 77.2 Å². The Morgan fingerprint density at radius 3 is 2.57 bits per heavy atom. The van der Waals surface area contributed by atoms with Gasteiger partial charge in [0, 0.05) is 11.1 Å². The van der Waals surface area contributed by atoms with Crippen molar-refractivity contribution >= 4 is 22.9 Å². The highest BCUT2D eigenvalue weighted by molar-refractivity contribution is 7.09. The fourth-order valence-electron chi connectivity index (χ4n) is 1.72. The van der Waals surface area contributed by atoms with Crippen molar-refractivity contribution in [1.29, 1.82) is 0 Å². The molecule has 1 unspecified atom stereocenters. The van der Waals surface area contributed by atoms with Crippen LogP contribution in [0.4, 0.5) is 18.9 Å². The summed E-state index contributed by atoms with van der Waals surface area (Å²) < 4.78 is 39.9. The highest BCUT2D eigenvalue weighted by Gasteiger charge is 2.30. The molecule has 0 bridgehead atoms. The molecule has 1 atom stereocenters. The Bertz CT molecular complexity index is 669. The molecular formula is C14H14F3N3O2S. The van der Waals surface area contributed by atoms with E-state index in [1.807, 2.05) is 0 Å². The van der Waals surface area contributed by atoms with Crippen LogP contribution in [0.15, 0.2) is 29.6 Å². The third-order valence-electron chi connectivity index (χ3n) is 2.67. The zero-order valence-corrected chi connectivity index (χ0v) is 12.9. The van der Waals surface area contributed by atoms with Gasteiger partial charge in [-0.3, -0.25) is 4.79 Å². The van der Waals surface area contributed by atoms with Gasteiger partial charge in [0.05, 0.1) is 18.2 Å². The molecule has 1 aromatic carbocycles. The van der Waals surface area contributed by atoms with E-state index in [4.69, 9.17) is 5.73 Å². The summed E-state index contributed by atoms with van der Waals surface area (Å²) in [6, 6.07) is 4.71. The summed E-state index contributed by atoms with van der Waals surface area (Å²) in [6.07, 6.45) is -4.68. The van der Waals surface area contributed by atoms with Crippen molar-refractivity contribution in [1.82, 2.24) is 4.98 Å². The van der Waals surface area contributed by atoms with Gasteiger partial charge in [-0.2, -0.15) is 0 Å². The highest BCUT2D eigenvalue weighted by atomic mass is 32.1. The lowest BCUT2D eigenvalue weighted by atomic mass is 10.2. The first-order chi connectivity index (χ1) is 10.7. The zero-order chi connectivity index (χ0) is 17.0. The van der Waals surface area contributed by atoms with E-state index in [0.29, 0.717) is 11.4 Å². The molecule has 0 spiro atoms. The summed E-state index contributed by atoms with van der Waals surface area (Å²) in [6.45, 7) is 1.80. The number of hydrogen-bond donors (Lipinski definition) is 2. The summed E-state index contributed by atoms with van der Waals surface area (Å²) in [4.78, 5) is 16.1. The number of anilines is 1. The predicted octanol–water partition coefficient (Wildman–Crippen LogP) is 3.24. The number of carbonyl (C=O) groups is 1. The van der Waals surface area contributed by atoms with Gasteiger partial charge in [0.1, 0.15) is 10.8 Å². The summed E-state index contributed by atoms with van der Waals surface area (Å²) >= 11 is 1.37. The Labute approximate surface area is 134 Å². The van der Waals surface area contributed by atoms with Gasteiger partial charge in [-0.05, 0) is 31.2 Å². The van der Waals surface area contributed by atoms with Crippen molar-refractivity contribution in [3.05, 3.63) is 40.3 Å². The van der Waals surface area contributed by atoms with E-state index < -0.39 is 6.36 Å². The second-order valence-corrected chi connectivity index (χ2v) is 5.65. The van der Waals surface area contributed by atoms with Gasteiger partial charge in [-0.15, -0.1) is 24.5 Å². The first kappa shape index (κ1) is 17.2. The zero-order valence-electron chi connectivity index (χ0n) is 12.1. The monoisotopic (exact) mass is 345 g/mol. The molecule has 1 amide bonds. The van der Waals surface area contributed by atoms with Crippen LogP contribution < -0.4 is 15.8 Å². The molecule has 1 aromatic heterocycles. The molecule has 124 valence electrons. The number of hydrogen-bond acceptors (Lipinski definition) is 5. The smallest absolute Gasteiger partial charge is 0.406 e. The van der Waals surface area contributed by atoms with Crippen molar-refractivity contribution in [2.45, 2.75) is 25.7 Å². The molecule has 0 saturated heterocycles. The predicted molar refractivity (Wildman–Crippen MR) is 80.2 cm³/mol. The van der Waals surface area contributed by atoms with Crippen LogP contribution >= 0.6 is 11.3 Å². The minimum atomic E-state index is -4.74. The Morgan fingerprint density at radius 1 is 1.39 bits per heavy atom. The van der Waals surface area contributed by atoms with Crippen LogP contribution in [-0.2, 0) is 11.2 Å². The van der Waals surface area contributed by atoms with Crippen LogP contribution in [0.3, 0.4) is 0 Å². The first-order valence-electron chi connectivity index (χ1n) is 6.58. The first-order valence-corrected chi connectivity index (χ1v) is 7.46. The minimum Gasteiger partial charge on any atom is -0.406 e. The minimum absolute atomic E-state index is 0.0595. The van der Waals surface area contributed by atoms with Gasteiger partial charge in [0.2, 0.25) is 5.91 Å². The third-order valence-corrected chi connectivity index (χ3v) is 3.77. The van der Waals surface area contributed by atoms with Crippen LogP contribution in [0.2, 0.25) is 0 Å². The Hall–Kier alpha value is -2.13. The Kier molecular flexibility index (Phi) is 5.22. The van der Waals surface area contributed by atoms with Crippen molar-refractivity contribution in [2.75, 3.05) is 5.32 Å². The molecular weight excluding hydrogens is 331 g/mol. The fraction of sp³-hybridized carbons (Fsp3) is 0.286. The van der Waals surface area contributed by atoms with E-state index >= 15 is 0 Å². The number of nitrogens with zero attached hydrogens (tertiary/aromatic N) is 1. The lowest BCUT2D eigenvalue weighted by Gasteiger charge is -2.09. The number of thiazole rings is 1. The molecule has 0 aliphatic carbocycles. The molecule has 1 heterocycles. The third kappa shape index (κ3) is 5.53. The van der Waals surface area contributed by atoms with Gasteiger partial charge < -0.3 is 15.8 Å². The number of amides is 1. The van der Waals surface area contributed by atoms with Gasteiger partial charge >= 0.3 is 6.36 Å². The standard InChI is InChI=1S/C14H14F3N3O2S/c1-8(18)13-20-10(7-23-13)6-12(21)19-9-2-4-11(5-3-9)22-14(15,16)17/h2-5,7-8H,6,18H2,1H3,(H,19,21). The number of halogens is 3. The van der Waals surface area contributed by atoms with E-state index in [1.165, 1.54) is 23.5 Å². The van der Waals surface area contributed by atoms with Crippen molar-refractivity contribution < 1.29 is 22.7 Å². The molecule has 0 radical (unpaired) electrons. The summed E-state index contributed by atoms with van der Waals surface area (Å²) in [5.41, 5.74) is 6.66. The van der Waals surface area contributed by atoms with E-state index in [2.05, 4.69) is 15.0 Å². The van der Waals surface area contributed by atoms with Crippen LogP contribution in [0.1, 0.15) is 23.7 Å². The second-order valence-electron chi connectivity index (χ2n) is 4.76. The Morgan fingerprint density at radius 2 is 2.04 bits per heavy atom. The molecule has 5 nitrogen and oxygen atoms in total. The molecule has 0 saturated carbocycles. The molecule has 2 rings (SSSR count). The van der Waals surface area contributed by atoms with Gasteiger partial charge in [0.25, 0.3) is 0 Å². The van der Waals surface area contributed by atoms with Crippen LogP contribution in [0.5, 0.6) is 5.75 Å². The van der Waals surface area contributed by atoms with E-state index in [9.17, 15) is 18.0 Å². The molecule has 0 aliphatic rings. The molecule has 2 aromatic rings. The van der Waals surface area contributed by atoms with Gasteiger partial charge in [-0.25, -0.2) is 4.98 Å². The maximum Gasteiger partial charge on any atom is 0.573 e. The number of aromatic nitrogens is 1. The van der Waals surface area contributed by atoms with Crippen molar-refractivity contribution in [3.8, 4) is 5.75 Å². The normalized spacial score (nSPS) is 12.7. The maximum absolute atomic E-state index is 12.0. The molecule has 0 fully saturated rings. The number of nitrogens with one attached hydrogen (secondary N) is 1. The van der Waals surface area contributed by atoms with Crippen LogP contribution in [0, 0.1) is 0 Å².